The second-order valence-corrected chi connectivity index (χ2v) is 9.67. The van der Waals surface area contributed by atoms with Crippen molar-refractivity contribution in [3.05, 3.63) is 94.8 Å². The van der Waals surface area contributed by atoms with E-state index >= 15 is 0 Å². The normalized spacial score (nSPS) is 12.1. The van der Waals surface area contributed by atoms with E-state index in [9.17, 15) is 23.9 Å². The lowest BCUT2D eigenvalue weighted by molar-refractivity contribution is -0.144. The molecule has 0 aliphatic rings. The highest BCUT2D eigenvalue weighted by Crippen LogP contribution is 2.29. The van der Waals surface area contributed by atoms with Crippen molar-refractivity contribution in [2.24, 2.45) is 5.73 Å². The van der Waals surface area contributed by atoms with Crippen LogP contribution in [0.5, 0.6) is 0 Å². The highest BCUT2D eigenvalue weighted by Gasteiger charge is 2.40. The Kier molecular flexibility index (Phi) is 8.48. The number of amides is 2. The molecule has 36 heavy (non-hydrogen) atoms. The molecule has 0 unspecified atom stereocenters. The van der Waals surface area contributed by atoms with Gasteiger partial charge in [-0.15, -0.1) is 0 Å². The van der Waals surface area contributed by atoms with Crippen LogP contribution in [-0.4, -0.2) is 39.4 Å². The Balaban J connectivity index is 1.99. The summed E-state index contributed by atoms with van der Waals surface area (Å²) < 4.78 is 13.4. The second kappa shape index (κ2) is 11.4. The van der Waals surface area contributed by atoms with Crippen molar-refractivity contribution in [2.45, 2.75) is 44.7 Å². The summed E-state index contributed by atoms with van der Waals surface area (Å²) in [6, 6.07) is 18.6. The molecule has 0 saturated carbocycles. The maximum Gasteiger partial charge on any atom is 0.326 e. The predicted molar refractivity (Wildman–Crippen MR) is 137 cm³/mol. The molecule has 0 spiro atoms. The summed E-state index contributed by atoms with van der Waals surface area (Å²) in [5, 5.41) is 10.6. The molecule has 3 N–H and O–H groups in total. The highest BCUT2D eigenvalue weighted by atomic mass is 35.5. The molecular formula is C28H28ClFN2O4. The molecule has 188 valence electrons. The molecule has 1 atom stereocenters. The van der Waals surface area contributed by atoms with E-state index in [2.05, 4.69) is 0 Å². The number of primary amides is 1. The number of nitrogens with zero attached hydrogens (tertiary/aromatic N) is 1. The van der Waals surface area contributed by atoms with Crippen molar-refractivity contribution < 1.29 is 23.9 Å². The van der Waals surface area contributed by atoms with Gasteiger partial charge in [-0.3, -0.25) is 9.59 Å². The summed E-state index contributed by atoms with van der Waals surface area (Å²) in [4.78, 5) is 38.8. The summed E-state index contributed by atoms with van der Waals surface area (Å²) in [5.41, 5.74) is 7.02. The van der Waals surface area contributed by atoms with Gasteiger partial charge in [-0.1, -0.05) is 48.0 Å². The van der Waals surface area contributed by atoms with Crippen molar-refractivity contribution >= 4 is 29.4 Å². The molecule has 3 rings (SSSR count). The van der Waals surface area contributed by atoms with Crippen LogP contribution >= 0.6 is 11.6 Å². The van der Waals surface area contributed by atoms with E-state index in [4.69, 9.17) is 17.3 Å². The SMILES string of the molecule is CC(C)(Cc1ccc(F)cc1)N(C(=O)c1ccc(-c2cccc(Cl)c2)cc1)[C@@H](CCC(N)=O)C(=O)O. The minimum atomic E-state index is -1.30. The fraction of sp³-hybridized carbons (Fsp3) is 0.250. The molecule has 0 radical (unpaired) electrons. The van der Waals surface area contributed by atoms with Gasteiger partial charge in [0.15, 0.2) is 0 Å². The number of aliphatic carboxylic acids is 1. The molecule has 0 aliphatic heterocycles. The summed E-state index contributed by atoms with van der Waals surface area (Å²) in [6.07, 6.45) is -0.0646. The van der Waals surface area contributed by atoms with E-state index in [0.29, 0.717) is 10.6 Å². The fourth-order valence-electron chi connectivity index (χ4n) is 4.28. The number of carboxylic acid groups (broad SMARTS) is 1. The summed E-state index contributed by atoms with van der Waals surface area (Å²) >= 11 is 6.09. The number of benzene rings is 3. The Bertz CT molecular complexity index is 1240. The summed E-state index contributed by atoms with van der Waals surface area (Å²) in [7, 11) is 0. The summed E-state index contributed by atoms with van der Waals surface area (Å²) in [5.74, 6) is -2.80. The van der Waals surface area contributed by atoms with E-state index in [0.717, 1.165) is 16.7 Å². The third-order valence-electron chi connectivity index (χ3n) is 5.97. The van der Waals surface area contributed by atoms with Gasteiger partial charge in [0.05, 0.1) is 0 Å². The van der Waals surface area contributed by atoms with E-state index in [-0.39, 0.29) is 19.3 Å². The predicted octanol–water partition coefficient (Wildman–Crippen LogP) is 5.33. The molecular weight excluding hydrogens is 483 g/mol. The minimum absolute atomic E-state index is 0.135. The molecule has 2 amide bonds. The monoisotopic (exact) mass is 510 g/mol. The highest BCUT2D eigenvalue weighted by molar-refractivity contribution is 6.30. The summed E-state index contributed by atoms with van der Waals surface area (Å²) in [6.45, 7) is 3.49. The van der Waals surface area contributed by atoms with Crippen LogP contribution < -0.4 is 5.73 Å². The molecule has 0 aromatic heterocycles. The van der Waals surface area contributed by atoms with Crippen molar-refractivity contribution in [1.29, 1.82) is 0 Å². The lowest BCUT2D eigenvalue weighted by Crippen LogP contribution is -2.57. The first-order valence-electron chi connectivity index (χ1n) is 11.4. The topological polar surface area (TPSA) is 101 Å². The van der Waals surface area contributed by atoms with Gasteiger partial charge >= 0.3 is 5.97 Å². The van der Waals surface area contributed by atoms with Gasteiger partial charge < -0.3 is 15.7 Å². The van der Waals surface area contributed by atoms with Crippen LogP contribution in [0, 0.1) is 5.82 Å². The molecule has 0 aliphatic carbocycles. The first kappa shape index (κ1) is 26.9. The van der Waals surface area contributed by atoms with Crippen molar-refractivity contribution in [3.8, 4) is 11.1 Å². The lowest BCUT2D eigenvalue weighted by atomic mass is 9.89. The molecule has 0 bridgehead atoms. The number of carboxylic acids is 1. The maximum absolute atomic E-state index is 13.8. The van der Waals surface area contributed by atoms with Gasteiger partial charge in [0, 0.05) is 22.5 Å². The first-order valence-corrected chi connectivity index (χ1v) is 11.8. The van der Waals surface area contributed by atoms with Gasteiger partial charge in [0.1, 0.15) is 11.9 Å². The van der Waals surface area contributed by atoms with Crippen molar-refractivity contribution in [2.75, 3.05) is 0 Å². The molecule has 6 nitrogen and oxygen atoms in total. The largest absolute Gasteiger partial charge is 0.480 e. The zero-order valence-electron chi connectivity index (χ0n) is 20.1. The van der Waals surface area contributed by atoms with Crippen molar-refractivity contribution in [3.63, 3.8) is 0 Å². The minimum Gasteiger partial charge on any atom is -0.480 e. The Morgan fingerprint density at radius 1 is 1.00 bits per heavy atom. The number of hydrogen-bond donors (Lipinski definition) is 2. The first-order chi connectivity index (χ1) is 17.0. The van der Waals surface area contributed by atoms with Crippen LogP contribution in [0.1, 0.15) is 42.6 Å². The zero-order chi connectivity index (χ0) is 26.5. The zero-order valence-corrected chi connectivity index (χ0v) is 20.8. The number of hydrogen-bond acceptors (Lipinski definition) is 3. The van der Waals surface area contributed by atoms with E-state index in [1.807, 2.05) is 12.1 Å². The standard InChI is InChI=1S/C28H28ClFN2O4/c1-28(2,17-18-6-12-23(30)13-7-18)32(24(27(35)36)14-15-25(31)33)26(34)20-10-8-19(9-11-20)21-4-3-5-22(29)16-21/h3-13,16,24H,14-15,17H2,1-2H3,(H2,31,33)(H,35,36)/t24-/m0/s1. The average Bonchev–Trinajstić information content (AvgIpc) is 2.82. The van der Waals surface area contributed by atoms with E-state index in [1.54, 1.807) is 62.4 Å². The van der Waals surface area contributed by atoms with Gasteiger partial charge in [-0.2, -0.15) is 0 Å². The second-order valence-electron chi connectivity index (χ2n) is 9.24. The van der Waals surface area contributed by atoms with Crippen LogP contribution in [0.4, 0.5) is 4.39 Å². The molecule has 8 heteroatoms. The quantitative estimate of drug-likeness (QED) is 0.385. The number of nitrogens with two attached hydrogens (primary N) is 1. The van der Waals surface area contributed by atoms with Crippen LogP contribution in [0.2, 0.25) is 5.02 Å². The van der Waals surface area contributed by atoms with Crippen LogP contribution in [0.15, 0.2) is 72.8 Å². The van der Waals surface area contributed by atoms with Crippen molar-refractivity contribution in [1.82, 2.24) is 4.90 Å². The van der Waals surface area contributed by atoms with Gasteiger partial charge in [-0.05, 0) is 79.8 Å². The Morgan fingerprint density at radius 2 is 1.64 bits per heavy atom. The molecule has 0 fully saturated rings. The fourth-order valence-corrected chi connectivity index (χ4v) is 4.47. The molecule has 3 aromatic carbocycles. The maximum atomic E-state index is 13.8. The van der Waals surface area contributed by atoms with Gasteiger partial charge in [0.25, 0.3) is 5.91 Å². The molecule has 0 saturated heterocycles. The smallest absolute Gasteiger partial charge is 0.326 e. The molecule has 0 heterocycles. The molecule has 3 aromatic rings. The van der Waals surface area contributed by atoms with Crippen LogP contribution in [-0.2, 0) is 16.0 Å². The number of carbonyl (C=O) groups excluding carboxylic acids is 2. The van der Waals surface area contributed by atoms with Gasteiger partial charge in [0.2, 0.25) is 5.91 Å². The van der Waals surface area contributed by atoms with E-state index in [1.165, 1.54) is 17.0 Å². The lowest BCUT2D eigenvalue weighted by Gasteiger charge is -2.42. The number of carbonyl (C=O) groups is 3. The van der Waals surface area contributed by atoms with Crippen LogP contribution in [0.3, 0.4) is 0 Å². The number of rotatable bonds is 10. The van der Waals surface area contributed by atoms with Crippen LogP contribution in [0.25, 0.3) is 11.1 Å². The Morgan fingerprint density at radius 3 is 2.19 bits per heavy atom. The third kappa shape index (κ3) is 6.70. The average molecular weight is 511 g/mol. The Hall–Kier alpha value is -3.71. The Labute approximate surface area is 214 Å². The third-order valence-corrected chi connectivity index (χ3v) is 6.21. The number of halogens is 2. The van der Waals surface area contributed by atoms with Gasteiger partial charge in [-0.25, -0.2) is 9.18 Å². The van der Waals surface area contributed by atoms with E-state index < -0.39 is 35.2 Å².